The second-order valence-corrected chi connectivity index (χ2v) is 7.47. The number of halogens is 1. The van der Waals surface area contributed by atoms with Crippen molar-refractivity contribution in [3.8, 4) is 10.7 Å². The number of nitrogens with one attached hydrogen (secondary N) is 1. The summed E-state index contributed by atoms with van der Waals surface area (Å²) in [5.74, 6) is 0.978. The number of nitrogens with zero attached hydrogens (tertiary/aromatic N) is 3. The van der Waals surface area contributed by atoms with Crippen molar-refractivity contribution in [3.63, 3.8) is 0 Å². The van der Waals surface area contributed by atoms with Gasteiger partial charge in [-0.25, -0.2) is 0 Å². The molecule has 124 valence electrons. The van der Waals surface area contributed by atoms with Gasteiger partial charge >= 0.3 is 0 Å². The molecule has 1 N–H and O–H groups in total. The van der Waals surface area contributed by atoms with E-state index < -0.39 is 0 Å². The van der Waals surface area contributed by atoms with Gasteiger partial charge in [-0.1, -0.05) is 29.4 Å². The van der Waals surface area contributed by atoms with Gasteiger partial charge in [0.25, 0.3) is 0 Å². The van der Waals surface area contributed by atoms with Crippen molar-refractivity contribution in [1.82, 2.24) is 14.8 Å². The zero-order chi connectivity index (χ0) is 17.1. The number of rotatable bonds is 5. The number of anilines is 1. The molecule has 1 aromatic carbocycles. The van der Waals surface area contributed by atoms with E-state index in [2.05, 4.69) is 15.5 Å². The van der Waals surface area contributed by atoms with E-state index in [1.54, 1.807) is 23.5 Å². The third-order valence-corrected chi connectivity index (χ3v) is 5.49. The summed E-state index contributed by atoms with van der Waals surface area (Å²) in [6, 6.07) is 9.35. The van der Waals surface area contributed by atoms with Gasteiger partial charge in [0.15, 0.2) is 11.0 Å². The average Bonchev–Trinajstić information content (AvgIpc) is 3.18. The molecule has 8 heteroatoms. The number of aryl methyl sites for hydroxylation is 1. The first-order valence-electron chi connectivity index (χ1n) is 7.16. The number of carbonyl (C=O) groups is 1. The maximum Gasteiger partial charge on any atom is 0.234 e. The lowest BCUT2D eigenvalue weighted by Gasteiger charge is -2.08. The summed E-state index contributed by atoms with van der Waals surface area (Å²) in [4.78, 5) is 13.2. The molecule has 0 aliphatic carbocycles. The van der Waals surface area contributed by atoms with E-state index in [9.17, 15) is 4.79 Å². The minimum Gasteiger partial charge on any atom is -0.325 e. The van der Waals surface area contributed by atoms with Crippen LogP contribution in [0.15, 0.2) is 40.9 Å². The standard InChI is InChI=1S/C16H15ClN4OS2/c1-10-8-11(17)5-6-12(10)18-14(22)9-24-16-20-19-15(21(16)2)13-4-3-7-23-13/h3-8H,9H2,1-2H3,(H,18,22). The molecule has 0 unspecified atom stereocenters. The van der Waals surface area contributed by atoms with Crippen LogP contribution in [0.4, 0.5) is 5.69 Å². The van der Waals surface area contributed by atoms with E-state index in [1.807, 2.05) is 42.1 Å². The molecule has 5 nitrogen and oxygen atoms in total. The Labute approximate surface area is 153 Å². The highest BCUT2D eigenvalue weighted by Crippen LogP contribution is 2.26. The monoisotopic (exact) mass is 378 g/mol. The fourth-order valence-corrected chi connectivity index (χ4v) is 3.83. The van der Waals surface area contributed by atoms with Gasteiger partial charge in [-0.2, -0.15) is 0 Å². The second kappa shape index (κ2) is 7.38. The lowest BCUT2D eigenvalue weighted by molar-refractivity contribution is -0.113. The molecule has 0 aliphatic heterocycles. The van der Waals surface area contributed by atoms with Crippen molar-refractivity contribution in [2.45, 2.75) is 12.1 Å². The summed E-state index contributed by atoms with van der Waals surface area (Å²) in [6.07, 6.45) is 0. The van der Waals surface area contributed by atoms with Gasteiger partial charge in [-0.15, -0.1) is 21.5 Å². The number of hydrogen-bond donors (Lipinski definition) is 1. The van der Waals surface area contributed by atoms with Crippen LogP contribution in [-0.2, 0) is 11.8 Å². The van der Waals surface area contributed by atoms with Gasteiger partial charge < -0.3 is 9.88 Å². The van der Waals surface area contributed by atoms with Gasteiger partial charge in [0.05, 0.1) is 10.6 Å². The third kappa shape index (κ3) is 3.80. The molecule has 0 bridgehead atoms. The Bertz CT molecular complexity index is 861. The van der Waals surface area contributed by atoms with Crippen LogP contribution in [0.3, 0.4) is 0 Å². The Hall–Kier alpha value is -1.83. The lowest BCUT2D eigenvalue weighted by atomic mass is 10.2. The van der Waals surface area contributed by atoms with Crippen LogP contribution < -0.4 is 5.32 Å². The highest BCUT2D eigenvalue weighted by Gasteiger charge is 2.14. The highest BCUT2D eigenvalue weighted by atomic mass is 35.5. The van der Waals surface area contributed by atoms with Crippen LogP contribution in [0.1, 0.15) is 5.56 Å². The molecule has 1 amide bonds. The molecule has 3 rings (SSSR count). The Morgan fingerprint density at radius 1 is 1.38 bits per heavy atom. The molecule has 0 atom stereocenters. The molecule has 0 fully saturated rings. The van der Waals surface area contributed by atoms with E-state index in [0.29, 0.717) is 10.2 Å². The molecule has 24 heavy (non-hydrogen) atoms. The summed E-state index contributed by atoms with van der Waals surface area (Å²) in [5, 5.41) is 14.6. The van der Waals surface area contributed by atoms with E-state index in [4.69, 9.17) is 11.6 Å². The van der Waals surface area contributed by atoms with Crippen molar-refractivity contribution in [2.24, 2.45) is 7.05 Å². The van der Waals surface area contributed by atoms with Crippen LogP contribution in [0, 0.1) is 6.92 Å². The van der Waals surface area contributed by atoms with Gasteiger partial charge in [-0.05, 0) is 42.1 Å². The number of thiophene rings is 1. The molecule has 0 aliphatic rings. The van der Waals surface area contributed by atoms with Crippen molar-refractivity contribution >= 4 is 46.3 Å². The van der Waals surface area contributed by atoms with E-state index in [-0.39, 0.29) is 11.7 Å². The zero-order valence-electron chi connectivity index (χ0n) is 13.1. The number of amides is 1. The summed E-state index contributed by atoms with van der Waals surface area (Å²) >= 11 is 8.89. The van der Waals surface area contributed by atoms with Crippen LogP contribution in [0.25, 0.3) is 10.7 Å². The van der Waals surface area contributed by atoms with E-state index in [0.717, 1.165) is 22.0 Å². The van der Waals surface area contributed by atoms with Crippen molar-refractivity contribution in [1.29, 1.82) is 0 Å². The fraction of sp³-hybridized carbons (Fsp3) is 0.188. The molecule has 0 radical (unpaired) electrons. The van der Waals surface area contributed by atoms with Gasteiger partial charge in [0.2, 0.25) is 5.91 Å². The molecule has 0 spiro atoms. The van der Waals surface area contributed by atoms with Crippen molar-refractivity contribution in [2.75, 3.05) is 11.1 Å². The molecular formula is C16H15ClN4OS2. The van der Waals surface area contributed by atoms with Gasteiger partial charge in [0.1, 0.15) is 0 Å². The minimum absolute atomic E-state index is 0.0916. The number of hydrogen-bond acceptors (Lipinski definition) is 5. The van der Waals surface area contributed by atoms with Crippen LogP contribution in [-0.4, -0.2) is 26.4 Å². The molecule has 0 saturated carbocycles. The Morgan fingerprint density at radius 3 is 2.92 bits per heavy atom. The topological polar surface area (TPSA) is 59.8 Å². The predicted molar refractivity (Wildman–Crippen MR) is 99.9 cm³/mol. The van der Waals surface area contributed by atoms with Crippen molar-refractivity contribution in [3.05, 3.63) is 46.3 Å². The maximum absolute atomic E-state index is 12.1. The van der Waals surface area contributed by atoms with E-state index >= 15 is 0 Å². The summed E-state index contributed by atoms with van der Waals surface area (Å²) in [6.45, 7) is 1.91. The SMILES string of the molecule is Cc1cc(Cl)ccc1NC(=O)CSc1nnc(-c2cccs2)n1C. The van der Waals surface area contributed by atoms with Crippen LogP contribution in [0.5, 0.6) is 0 Å². The van der Waals surface area contributed by atoms with E-state index in [1.165, 1.54) is 11.8 Å². The predicted octanol–water partition coefficient (Wildman–Crippen LogP) is 4.24. The molecular weight excluding hydrogens is 364 g/mol. The smallest absolute Gasteiger partial charge is 0.234 e. The first-order valence-corrected chi connectivity index (χ1v) is 9.41. The lowest BCUT2D eigenvalue weighted by Crippen LogP contribution is -2.15. The second-order valence-electron chi connectivity index (χ2n) is 5.14. The summed E-state index contributed by atoms with van der Waals surface area (Å²) < 4.78 is 1.90. The number of aromatic nitrogens is 3. The first kappa shape index (κ1) is 17.0. The minimum atomic E-state index is -0.0916. The quantitative estimate of drug-likeness (QED) is 0.675. The zero-order valence-corrected chi connectivity index (χ0v) is 15.5. The summed E-state index contributed by atoms with van der Waals surface area (Å²) in [7, 11) is 1.90. The normalized spacial score (nSPS) is 10.8. The van der Waals surface area contributed by atoms with Gasteiger partial charge in [-0.3, -0.25) is 4.79 Å². The molecule has 2 aromatic heterocycles. The number of benzene rings is 1. The Balaban J connectivity index is 1.62. The fourth-order valence-electron chi connectivity index (χ4n) is 2.14. The van der Waals surface area contributed by atoms with Crippen molar-refractivity contribution < 1.29 is 4.79 Å². The molecule has 3 aromatic rings. The summed E-state index contributed by atoms with van der Waals surface area (Å²) in [5.41, 5.74) is 1.70. The third-order valence-electron chi connectivity index (χ3n) is 3.37. The van der Waals surface area contributed by atoms with Crippen LogP contribution >= 0.6 is 34.7 Å². The number of thioether (sulfide) groups is 1. The Kier molecular flexibility index (Phi) is 5.23. The molecule has 2 heterocycles. The first-order chi connectivity index (χ1) is 11.5. The Morgan fingerprint density at radius 2 is 2.21 bits per heavy atom. The maximum atomic E-state index is 12.1. The highest BCUT2D eigenvalue weighted by molar-refractivity contribution is 7.99. The largest absolute Gasteiger partial charge is 0.325 e. The number of carbonyl (C=O) groups excluding carboxylic acids is 1. The molecule has 0 saturated heterocycles. The van der Waals surface area contributed by atoms with Gasteiger partial charge in [0, 0.05) is 17.8 Å². The average molecular weight is 379 g/mol. The van der Waals surface area contributed by atoms with Crippen LogP contribution in [0.2, 0.25) is 5.02 Å².